The molecule has 98 valence electrons. The molecule has 5 nitrogen and oxygen atoms in total. The van der Waals surface area contributed by atoms with Crippen molar-refractivity contribution >= 4 is 5.97 Å². The van der Waals surface area contributed by atoms with Gasteiger partial charge in [0, 0.05) is 12.1 Å². The minimum Gasteiger partial charge on any atom is -0.497 e. The maximum atomic E-state index is 11.0. The van der Waals surface area contributed by atoms with E-state index in [1.54, 1.807) is 19.4 Å². The monoisotopic (exact) mass is 258 g/mol. The highest BCUT2D eigenvalue weighted by Gasteiger charge is 2.19. The van der Waals surface area contributed by atoms with Crippen LogP contribution in [0.1, 0.15) is 23.6 Å². The molecule has 0 saturated heterocycles. The predicted molar refractivity (Wildman–Crippen MR) is 69.1 cm³/mol. The summed E-state index contributed by atoms with van der Waals surface area (Å²) < 4.78 is 5.17. The third kappa shape index (κ3) is 3.28. The molecule has 0 aliphatic heterocycles. The fourth-order valence-electron chi connectivity index (χ4n) is 1.93. The Kier molecular flexibility index (Phi) is 4.07. The lowest BCUT2D eigenvalue weighted by molar-refractivity contribution is -0.137. The van der Waals surface area contributed by atoms with Crippen molar-refractivity contribution in [3.63, 3.8) is 0 Å². The lowest BCUT2D eigenvalue weighted by atomic mass is 9.92. The van der Waals surface area contributed by atoms with E-state index in [0.717, 1.165) is 5.56 Å². The number of hydrogen-bond donors (Lipinski definition) is 1. The summed E-state index contributed by atoms with van der Waals surface area (Å²) in [5, 5.41) is 9.06. The summed E-state index contributed by atoms with van der Waals surface area (Å²) in [6, 6.07) is 9.09. The van der Waals surface area contributed by atoms with Gasteiger partial charge in [0.2, 0.25) is 0 Å². The normalized spacial score (nSPS) is 11.8. The van der Waals surface area contributed by atoms with Gasteiger partial charge < -0.3 is 9.84 Å². The molecule has 1 heterocycles. The topological polar surface area (TPSA) is 72.3 Å². The summed E-state index contributed by atoms with van der Waals surface area (Å²) in [5.41, 5.74) is 1.55. The van der Waals surface area contributed by atoms with E-state index in [4.69, 9.17) is 9.84 Å². The number of hydrogen-bond acceptors (Lipinski definition) is 4. The first kappa shape index (κ1) is 13.0. The van der Waals surface area contributed by atoms with Gasteiger partial charge in [-0.2, -0.15) is 0 Å². The molecule has 0 radical (unpaired) electrons. The number of ether oxygens (including phenoxy) is 1. The van der Waals surface area contributed by atoms with E-state index in [9.17, 15) is 4.79 Å². The Morgan fingerprint density at radius 2 is 2.26 bits per heavy atom. The molecule has 5 heteroatoms. The first-order chi connectivity index (χ1) is 9.20. The van der Waals surface area contributed by atoms with Crippen molar-refractivity contribution in [2.75, 3.05) is 7.11 Å². The van der Waals surface area contributed by atoms with Crippen LogP contribution in [0.5, 0.6) is 5.75 Å². The molecule has 0 fully saturated rings. The highest BCUT2D eigenvalue weighted by Crippen LogP contribution is 2.28. The SMILES string of the molecule is COc1cccc(C(CC(=O)O)c2ccncn2)c1. The number of benzene rings is 1. The Labute approximate surface area is 110 Å². The molecule has 1 unspecified atom stereocenters. The molecule has 1 aromatic carbocycles. The fourth-order valence-corrected chi connectivity index (χ4v) is 1.93. The molecule has 0 amide bonds. The van der Waals surface area contributed by atoms with Crippen LogP contribution in [0, 0.1) is 0 Å². The lowest BCUT2D eigenvalue weighted by Crippen LogP contribution is -2.09. The third-order valence-corrected chi connectivity index (χ3v) is 2.84. The minimum atomic E-state index is -0.869. The second-order valence-electron chi connectivity index (χ2n) is 4.06. The Morgan fingerprint density at radius 3 is 2.89 bits per heavy atom. The van der Waals surface area contributed by atoms with Gasteiger partial charge in [0.15, 0.2) is 0 Å². The average molecular weight is 258 g/mol. The molecule has 0 aliphatic rings. The van der Waals surface area contributed by atoms with Crippen LogP contribution in [0.2, 0.25) is 0 Å². The number of rotatable bonds is 5. The molecular weight excluding hydrogens is 244 g/mol. The lowest BCUT2D eigenvalue weighted by Gasteiger charge is -2.15. The van der Waals surface area contributed by atoms with Crippen LogP contribution in [0.15, 0.2) is 42.9 Å². The van der Waals surface area contributed by atoms with Gasteiger partial charge in [0.1, 0.15) is 12.1 Å². The molecule has 0 aliphatic carbocycles. The van der Waals surface area contributed by atoms with Crippen molar-refractivity contribution in [1.82, 2.24) is 9.97 Å². The van der Waals surface area contributed by atoms with Gasteiger partial charge in [-0.1, -0.05) is 12.1 Å². The average Bonchev–Trinajstić information content (AvgIpc) is 2.45. The fraction of sp³-hybridized carbons (Fsp3) is 0.214. The van der Waals surface area contributed by atoms with Gasteiger partial charge in [-0.05, 0) is 23.8 Å². The van der Waals surface area contributed by atoms with Crippen LogP contribution in [0.3, 0.4) is 0 Å². The zero-order chi connectivity index (χ0) is 13.7. The van der Waals surface area contributed by atoms with Crippen molar-refractivity contribution < 1.29 is 14.6 Å². The van der Waals surface area contributed by atoms with Crippen molar-refractivity contribution in [2.45, 2.75) is 12.3 Å². The van der Waals surface area contributed by atoms with E-state index in [0.29, 0.717) is 11.4 Å². The molecule has 0 saturated carbocycles. The van der Waals surface area contributed by atoms with Gasteiger partial charge in [-0.15, -0.1) is 0 Å². The van der Waals surface area contributed by atoms with Gasteiger partial charge in [0.25, 0.3) is 0 Å². The van der Waals surface area contributed by atoms with Crippen molar-refractivity contribution in [2.24, 2.45) is 0 Å². The standard InChI is InChI=1S/C14H14N2O3/c1-19-11-4-2-3-10(7-11)12(8-14(17)18)13-5-6-15-9-16-13/h2-7,9,12H,8H2,1H3,(H,17,18). The molecule has 1 N–H and O–H groups in total. The van der Waals surface area contributed by atoms with Gasteiger partial charge in [0.05, 0.1) is 19.2 Å². The Morgan fingerprint density at radius 1 is 1.42 bits per heavy atom. The number of aliphatic carboxylic acids is 1. The van der Waals surface area contributed by atoms with Crippen LogP contribution in [-0.2, 0) is 4.79 Å². The molecule has 19 heavy (non-hydrogen) atoms. The van der Waals surface area contributed by atoms with E-state index in [1.165, 1.54) is 6.33 Å². The smallest absolute Gasteiger partial charge is 0.304 e. The Balaban J connectivity index is 2.39. The quantitative estimate of drug-likeness (QED) is 0.889. The van der Waals surface area contributed by atoms with Crippen LogP contribution in [0.4, 0.5) is 0 Å². The van der Waals surface area contributed by atoms with E-state index in [1.807, 2.05) is 24.3 Å². The minimum absolute atomic E-state index is 0.0236. The number of methoxy groups -OCH3 is 1. The van der Waals surface area contributed by atoms with Crippen molar-refractivity contribution in [1.29, 1.82) is 0 Å². The van der Waals surface area contributed by atoms with E-state index >= 15 is 0 Å². The van der Waals surface area contributed by atoms with E-state index in [-0.39, 0.29) is 12.3 Å². The van der Waals surface area contributed by atoms with Gasteiger partial charge in [-0.3, -0.25) is 4.79 Å². The Hall–Kier alpha value is -2.43. The van der Waals surface area contributed by atoms with Crippen molar-refractivity contribution in [3.8, 4) is 5.75 Å². The molecular formula is C14H14N2O3. The summed E-state index contributed by atoms with van der Waals surface area (Å²) >= 11 is 0. The number of carboxylic acid groups (broad SMARTS) is 1. The largest absolute Gasteiger partial charge is 0.497 e. The zero-order valence-electron chi connectivity index (χ0n) is 10.5. The summed E-state index contributed by atoms with van der Waals surface area (Å²) in [4.78, 5) is 19.0. The highest BCUT2D eigenvalue weighted by molar-refractivity contribution is 5.69. The number of nitrogens with zero attached hydrogens (tertiary/aromatic N) is 2. The van der Waals surface area contributed by atoms with E-state index in [2.05, 4.69) is 9.97 Å². The molecule has 0 spiro atoms. The summed E-state index contributed by atoms with van der Waals surface area (Å²) in [6.07, 6.45) is 3.01. The number of carboxylic acids is 1. The van der Waals surface area contributed by atoms with Crippen LogP contribution in [0.25, 0.3) is 0 Å². The summed E-state index contributed by atoms with van der Waals surface area (Å²) in [7, 11) is 1.58. The van der Waals surface area contributed by atoms with Crippen molar-refractivity contribution in [3.05, 3.63) is 54.1 Å². The molecule has 1 aromatic heterocycles. The van der Waals surface area contributed by atoms with Crippen LogP contribution in [-0.4, -0.2) is 28.2 Å². The highest BCUT2D eigenvalue weighted by atomic mass is 16.5. The molecule has 1 atom stereocenters. The number of carbonyl (C=O) groups is 1. The van der Waals surface area contributed by atoms with Gasteiger partial charge >= 0.3 is 5.97 Å². The van der Waals surface area contributed by atoms with Crippen LogP contribution < -0.4 is 4.74 Å². The third-order valence-electron chi connectivity index (χ3n) is 2.84. The van der Waals surface area contributed by atoms with Gasteiger partial charge in [-0.25, -0.2) is 9.97 Å². The maximum Gasteiger partial charge on any atom is 0.304 e. The molecule has 0 bridgehead atoms. The second-order valence-corrected chi connectivity index (χ2v) is 4.06. The zero-order valence-corrected chi connectivity index (χ0v) is 10.5. The maximum absolute atomic E-state index is 11.0. The molecule has 2 aromatic rings. The second kappa shape index (κ2) is 5.95. The first-order valence-corrected chi connectivity index (χ1v) is 5.82. The number of aromatic nitrogens is 2. The summed E-state index contributed by atoms with van der Waals surface area (Å²) in [5.74, 6) is -0.482. The predicted octanol–water partition coefficient (Wildman–Crippen LogP) is 2.09. The van der Waals surface area contributed by atoms with E-state index < -0.39 is 5.97 Å². The summed E-state index contributed by atoms with van der Waals surface area (Å²) in [6.45, 7) is 0. The Bertz CT molecular complexity index is 558. The first-order valence-electron chi connectivity index (χ1n) is 5.82. The van der Waals surface area contributed by atoms with Crippen LogP contribution >= 0.6 is 0 Å². The molecule has 2 rings (SSSR count).